The maximum atomic E-state index is 13.0. The van der Waals surface area contributed by atoms with E-state index in [0.717, 1.165) is 49.6 Å². The van der Waals surface area contributed by atoms with E-state index >= 15 is 0 Å². The molecule has 1 aliphatic carbocycles. The standard InChI is InChI=1S/C19H25N3O2.ClH/c23-18-11-16(15-3-1-2-4-17(15)21-18)19(24)22-9-7-14(8-10-22)20-12-13-5-6-13;/h1-4,13-14,16,20H,5-12H2,(H,21,23);1H. The number of likely N-dealkylation sites (tertiary alicyclic amines) is 1. The highest BCUT2D eigenvalue weighted by Crippen LogP contribution is 2.34. The van der Waals surface area contributed by atoms with Crippen molar-refractivity contribution in [3.8, 4) is 0 Å². The van der Waals surface area contributed by atoms with Gasteiger partial charge in [-0.2, -0.15) is 0 Å². The van der Waals surface area contributed by atoms with Gasteiger partial charge in [0.1, 0.15) is 0 Å². The largest absolute Gasteiger partial charge is 0.342 e. The van der Waals surface area contributed by atoms with Gasteiger partial charge in [0.2, 0.25) is 11.8 Å². The number of para-hydroxylation sites is 1. The molecule has 0 bridgehead atoms. The van der Waals surface area contributed by atoms with Crippen molar-refractivity contribution in [1.29, 1.82) is 0 Å². The van der Waals surface area contributed by atoms with Crippen LogP contribution in [0, 0.1) is 5.92 Å². The van der Waals surface area contributed by atoms with Crippen molar-refractivity contribution in [2.45, 2.75) is 44.1 Å². The molecule has 4 rings (SSSR count). The monoisotopic (exact) mass is 363 g/mol. The SMILES string of the molecule is Cl.O=C1CC(C(=O)N2CCC(NCC3CC3)CC2)c2ccccc2N1. The molecule has 1 aromatic carbocycles. The molecular weight excluding hydrogens is 338 g/mol. The van der Waals surface area contributed by atoms with Crippen LogP contribution in [0.25, 0.3) is 0 Å². The highest BCUT2D eigenvalue weighted by molar-refractivity contribution is 6.01. The van der Waals surface area contributed by atoms with Crippen molar-refractivity contribution in [1.82, 2.24) is 10.2 Å². The number of hydrogen-bond donors (Lipinski definition) is 2. The number of benzene rings is 1. The van der Waals surface area contributed by atoms with Gasteiger partial charge in [-0.05, 0) is 49.8 Å². The van der Waals surface area contributed by atoms with E-state index in [4.69, 9.17) is 0 Å². The van der Waals surface area contributed by atoms with E-state index in [1.165, 1.54) is 12.8 Å². The summed E-state index contributed by atoms with van der Waals surface area (Å²) < 4.78 is 0. The van der Waals surface area contributed by atoms with Crippen LogP contribution in [0.15, 0.2) is 24.3 Å². The van der Waals surface area contributed by atoms with Gasteiger partial charge >= 0.3 is 0 Å². The number of piperidine rings is 1. The molecule has 2 heterocycles. The molecule has 1 aromatic rings. The van der Waals surface area contributed by atoms with Gasteiger partial charge in [0.25, 0.3) is 0 Å². The summed E-state index contributed by atoms with van der Waals surface area (Å²) in [7, 11) is 0. The molecule has 25 heavy (non-hydrogen) atoms. The van der Waals surface area contributed by atoms with Crippen molar-refractivity contribution in [2.75, 3.05) is 25.0 Å². The Kier molecular flexibility index (Phi) is 5.64. The summed E-state index contributed by atoms with van der Waals surface area (Å²) in [6.07, 6.45) is 5.02. The summed E-state index contributed by atoms with van der Waals surface area (Å²) >= 11 is 0. The Bertz CT molecular complexity index is 639. The number of carbonyl (C=O) groups excluding carboxylic acids is 2. The average Bonchev–Trinajstić information content (AvgIpc) is 3.43. The third kappa shape index (κ3) is 4.15. The summed E-state index contributed by atoms with van der Waals surface area (Å²) in [5.74, 6) is 0.610. The fraction of sp³-hybridized carbons (Fsp3) is 0.579. The Morgan fingerprint density at radius 3 is 2.60 bits per heavy atom. The number of amides is 2. The Balaban J connectivity index is 0.00000182. The Morgan fingerprint density at radius 1 is 1.16 bits per heavy atom. The van der Waals surface area contributed by atoms with Gasteiger partial charge in [0.05, 0.1) is 5.92 Å². The van der Waals surface area contributed by atoms with E-state index in [2.05, 4.69) is 10.6 Å². The summed E-state index contributed by atoms with van der Waals surface area (Å²) in [6, 6.07) is 8.20. The minimum Gasteiger partial charge on any atom is -0.342 e. The second-order valence-electron chi connectivity index (χ2n) is 7.34. The predicted molar refractivity (Wildman–Crippen MR) is 100 cm³/mol. The first-order valence-corrected chi connectivity index (χ1v) is 9.11. The second-order valence-corrected chi connectivity index (χ2v) is 7.34. The van der Waals surface area contributed by atoms with E-state index in [1.807, 2.05) is 29.2 Å². The average molecular weight is 364 g/mol. The molecule has 2 N–H and O–H groups in total. The van der Waals surface area contributed by atoms with Gasteiger partial charge in [0.15, 0.2) is 0 Å². The van der Waals surface area contributed by atoms with Crippen LogP contribution in [0.3, 0.4) is 0 Å². The molecule has 136 valence electrons. The first-order valence-electron chi connectivity index (χ1n) is 9.11. The lowest BCUT2D eigenvalue weighted by Crippen LogP contribution is -2.47. The maximum absolute atomic E-state index is 13.0. The van der Waals surface area contributed by atoms with Crippen molar-refractivity contribution >= 4 is 29.9 Å². The lowest BCUT2D eigenvalue weighted by Gasteiger charge is -2.36. The summed E-state index contributed by atoms with van der Waals surface area (Å²) in [4.78, 5) is 26.9. The lowest BCUT2D eigenvalue weighted by atomic mass is 9.88. The van der Waals surface area contributed by atoms with Crippen molar-refractivity contribution in [3.05, 3.63) is 29.8 Å². The minimum absolute atomic E-state index is 0. The molecule has 1 saturated heterocycles. The first kappa shape index (κ1) is 18.2. The third-order valence-electron chi connectivity index (χ3n) is 5.50. The molecule has 2 fully saturated rings. The number of fused-ring (bicyclic) bond motifs is 1. The van der Waals surface area contributed by atoms with E-state index < -0.39 is 0 Å². The Labute approximate surface area is 154 Å². The van der Waals surface area contributed by atoms with Crippen LogP contribution in [0.4, 0.5) is 5.69 Å². The number of halogens is 1. The van der Waals surface area contributed by atoms with Gasteiger partial charge in [0, 0.05) is 31.2 Å². The summed E-state index contributed by atoms with van der Waals surface area (Å²) in [5.41, 5.74) is 1.74. The van der Waals surface area contributed by atoms with Crippen LogP contribution in [0.2, 0.25) is 0 Å². The highest BCUT2D eigenvalue weighted by atomic mass is 35.5. The molecule has 2 aliphatic heterocycles. The van der Waals surface area contributed by atoms with Gasteiger partial charge < -0.3 is 15.5 Å². The van der Waals surface area contributed by atoms with E-state index in [0.29, 0.717) is 6.04 Å². The summed E-state index contributed by atoms with van der Waals surface area (Å²) in [6.45, 7) is 2.72. The van der Waals surface area contributed by atoms with Gasteiger partial charge in [-0.3, -0.25) is 9.59 Å². The van der Waals surface area contributed by atoms with Gasteiger partial charge in [-0.25, -0.2) is 0 Å². The van der Waals surface area contributed by atoms with Crippen molar-refractivity contribution < 1.29 is 9.59 Å². The van der Waals surface area contributed by atoms with Crippen molar-refractivity contribution in [2.24, 2.45) is 5.92 Å². The van der Waals surface area contributed by atoms with Crippen LogP contribution in [0.5, 0.6) is 0 Å². The van der Waals surface area contributed by atoms with Gasteiger partial charge in [-0.1, -0.05) is 18.2 Å². The number of nitrogens with zero attached hydrogens (tertiary/aromatic N) is 1. The Hall–Kier alpha value is -1.59. The first-order chi connectivity index (χ1) is 11.7. The Morgan fingerprint density at radius 2 is 1.88 bits per heavy atom. The molecule has 0 radical (unpaired) electrons. The molecule has 0 aromatic heterocycles. The fourth-order valence-corrected chi connectivity index (χ4v) is 3.81. The second kappa shape index (κ2) is 7.75. The third-order valence-corrected chi connectivity index (χ3v) is 5.50. The molecule has 1 atom stereocenters. The number of nitrogens with one attached hydrogen (secondary N) is 2. The number of carbonyl (C=O) groups is 2. The fourth-order valence-electron chi connectivity index (χ4n) is 3.81. The zero-order chi connectivity index (χ0) is 16.5. The van der Waals surface area contributed by atoms with Gasteiger partial charge in [-0.15, -0.1) is 12.4 Å². The topological polar surface area (TPSA) is 61.4 Å². The molecule has 5 nitrogen and oxygen atoms in total. The number of anilines is 1. The quantitative estimate of drug-likeness (QED) is 0.864. The molecule has 1 saturated carbocycles. The molecular formula is C19H26ClN3O2. The minimum atomic E-state index is -0.328. The van der Waals surface area contributed by atoms with Crippen molar-refractivity contribution in [3.63, 3.8) is 0 Å². The normalized spacial score (nSPS) is 23.4. The predicted octanol–water partition coefficient (Wildman–Crippen LogP) is 2.52. The summed E-state index contributed by atoms with van der Waals surface area (Å²) in [5, 5.41) is 6.51. The van der Waals surface area contributed by atoms with Crippen LogP contribution >= 0.6 is 12.4 Å². The lowest BCUT2D eigenvalue weighted by molar-refractivity contribution is -0.136. The molecule has 0 spiro atoms. The number of rotatable bonds is 4. The number of hydrogen-bond acceptors (Lipinski definition) is 3. The van der Waals surface area contributed by atoms with Crippen LogP contribution in [0.1, 0.15) is 43.6 Å². The maximum Gasteiger partial charge on any atom is 0.230 e. The highest BCUT2D eigenvalue weighted by Gasteiger charge is 2.34. The smallest absolute Gasteiger partial charge is 0.230 e. The zero-order valence-corrected chi connectivity index (χ0v) is 15.2. The molecule has 3 aliphatic rings. The van der Waals surface area contributed by atoms with E-state index in [-0.39, 0.29) is 36.6 Å². The van der Waals surface area contributed by atoms with E-state index in [1.54, 1.807) is 0 Å². The molecule has 1 unspecified atom stereocenters. The van der Waals surface area contributed by atoms with Crippen LogP contribution < -0.4 is 10.6 Å². The zero-order valence-electron chi connectivity index (χ0n) is 14.4. The molecule has 6 heteroatoms. The van der Waals surface area contributed by atoms with Crippen LogP contribution in [-0.2, 0) is 9.59 Å². The van der Waals surface area contributed by atoms with E-state index in [9.17, 15) is 9.59 Å². The molecule has 2 amide bonds. The van der Waals surface area contributed by atoms with Crippen LogP contribution in [-0.4, -0.2) is 42.4 Å².